The third-order valence-electron chi connectivity index (χ3n) is 3.34. The van der Waals surface area contributed by atoms with Crippen LogP contribution in [-0.2, 0) is 9.53 Å². The normalized spacial score (nSPS) is 23.7. The summed E-state index contributed by atoms with van der Waals surface area (Å²) in [5, 5.41) is 18.5. The van der Waals surface area contributed by atoms with E-state index in [0.717, 1.165) is 12.0 Å². The van der Waals surface area contributed by atoms with Crippen molar-refractivity contribution in [1.82, 2.24) is 0 Å². The number of esters is 1. The second-order valence-electron chi connectivity index (χ2n) is 4.53. The highest BCUT2D eigenvalue weighted by Crippen LogP contribution is 2.56. The van der Waals surface area contributed by atoms with Gasteiger partial charge in [0.05, 0.1) is 13.2 Å². The number of carbonyl (C=O) groups is 1. The fourth-order valence-electron chi connectivity index (χ4n) is 1.90. The number of aliphatic hydroxyl groups excluding tert-OH is 2. The molecular formula is C12H20O4. The Morgan fingerprint density at radius 3 is 2.25 bits per heavy atom. The first-order chi connectivity index (χ1) is 7.50. The lowest BCUT2D eigenvalue weighted by atomic mass is 10.0. The molecule has 0 aromatic rings. The lowest BCUT2D eigenvalue weighted by Crippen LogP contribution is -2.17. The Bertz CT molecular complexity index is 302. The SMILES string of the molecule is CC/C(C)=C(/OC(C)=O)C1CC1(CO)CO. The van der Waals surface area contributed by atoms with Crippen molar-refractivity contribution in [2.45, 2.75) is 33.6 Å². The molecule has 1 aliphatic rings. The Balaban J connectivity index is 2.86. The molecule has 1 saturated carbocycles. The van der Waals surface area contributed by atoms with Crippen molar-refractivity contribution < 1.29 is 19.7 Å². The molecule has 4 heteroatoms. The van der Waals surface area contributed by atoms with Crippen LogP contribution in [0, 0.1) is 11.3 Å². The van der Waals surface area contributed by atoms with E-state index in [1.807, 2.05) is 13.8 Å². The molecule has 0 spiro atoms. The van der Waals surface area contributed by atoms with Gasteiger partial charge in [0.1, 0.15) is 5.76 Å². The van der Waals surface area contributed by atoms with Gasteiger partial charge in [-0.15, -0.1) is 0 Å². The Labute approximate surface area is 95.9 Å². The van der Waals surface area contributed by atoms with Crippen LogP contribution in [0.25, 0.3) is 0 Å². The van der Waals surface area contributed by atoms with E-state index in [4.69, 9.17) is 4.74 Å². The molecule has 0 bridgehead atoms. The van der Waals surface area contributed by atoms with Gasteiger partial charge in [-0.25, -0.2) is 0 Å². The van der Waals surface area contributed by atoms with Gasteiger partial charge in [-0.05, 0) is 25.3 Å². The first-order valence-electron chi connectivity index (χ1n) is 5.60. The lowest BCUT2D eigenvalue weighted by Gasteiger charge is -2.15. The summed E-state index contributed by atoms with van der Waals surface area (Å²) in [6.45, 7) is 5.12. The third-order valence-corrected chi connectivity index (χ3v) is 3.34. The van der Waals surface area contributed by atoms with E-state index in [9.17, 15) is 15.0 Å². The van der Waals surface area contributed by atoms with Gasteiger partial charge in [0.25, 0.3) is 0 Å². The zero-order valence-electron chi connectivity index (χ0n) is 10.1. The minimum Gasteiger partial charge on any atom is -0.431 e. The van der Waals surface area contributed by atoms with Crippen LogP contribution in [0.15, 0.2) is 11.3 Å². The highest BCUT2D eigenvalue weighted by atomic mass is 16.5. The third kappa shape index (κ3) is 2.44. The predicted octanol–water partition coefficient (Wildman–Crippen LogP) is 1.22. The molecule has 1 rings (SSSR count). The summed E-state index contributed by atoms with van der Waals surface area (Å²) in [7, 11) is 0. The molecule has 0 aliphatic heterocycles. The Morgan fingerprint density at radius 1 is 1.38 bits per heavy atom. The van der Waals surface area contributed by atoms with Crippen molar-refractivity contribution >= 4 is 5.97 Å². The molecule has 1 fully saturated rings. The summed E-state index contributed by atoms with van der Waals surface area (Å²) in [4.78, 5) is 11.0. The van der Waals surface area contributed by atoms with E-state index in [1.165, 1.54) is 6.92 Å². The Hall–Kier alpha value is -0.870. The number of aliphatic hydroxyl groups is 2. The van der Waals surface area contributed by atoms with Crippen LogP contribution >= 0.6 is 0 Å². The molecule has 1 atom stereocenters. The van der Waals surface area contributed by atoms with Crippen molar-refractivity contribution in [3.8, 4) is 0 Å². The van der Waals surface area contributed by atoms with Gasteiger partial charge in [-0.1, -0.05) is 6.92 Å². The lowest BCUT2D eigenvalue weighted by molar-refractivity contribution is -0.137. The second kappa shape index (κ2) is 4.97. The molecule has 1 unspecified atom stereocenters. The van der Waals surface area contributed by atoms with Crippen molar-refractivity contribution in [3.63, 3.8) is 0 Å². The molecule has 92 valence electrons. The molecular weight excluding hydrogens is 208 g/mol. The van der Waals surface area contributed by atoms with Crippen molar-refractivity contribution in [3.05, 3.63) is 11.3 Å². The van der Waals surface area contributed by atoms with Gasteiger partial charge in [0.15, 0.2) is 0 Å². The zero-order valence-corrected chi connectivity index (χ0v) is 10.1. The molecule has 2 N–H and O–H groups in total. The predicted molar refractivity (Wildman–Crippen MR) is 59.5 cm³/mol. The fraction of sp³-hybridized carbons (Fsp3) is 0.750. The van der Waals surface area contributed by atoms with Crippen molar-refractivity contribution in [2.75, 3.05) is 13.2 Å². The summed E-state index contributed by atoms with van der Waals surface area (Å²) >= 11 is 0. The van der Waals surface area contributed by atoms with Crippen LogP contribution in [0.2, 0.25) is 0 Å². The maximum atomic E-state index is 11.0. The number of carbonyl (C=O) groups excluding carboxylic acids is 1. The smallest absolute Gasteiger partial charge is 0.307 e. The van der Waals surface area contributed by atoms with Gasteiger partial charge >= 0.3 is 5.97 Å². The Morgan fingerprint density at radius 2 is 1.94 bits per heavy atom. The van der Waals surface area contributed by atoms with E-state index in [2.05, 4.69) is 0 Å². The number of rotatable bonds is 5. The Kier molecular flexibility index (Phi) is 4.10. The molecule has 0 amide bonds. The van der Waals surface area contributed by atoms with Crippen LogP contribution in [-0.4, -0.2) is 29.4 Å². The molecule has 16 heavy (non-hydrogen) atoms. The minimum atomic E-state index is -0.485. The minimum absolute atomic E-state index is 0.0219. The standard InChI is InChI=1S/C12H20O4/c1-4-8(2)11(16-9(3)15)10-5-12(10,6-13)7-14/h10,13-14H,4-7H2,1-3H3/b11-8+. The molecule has 1 aliphatic carbocycles. The van der Waals surface area contributed by atoms with E-state index < -0.39 is 5.41 Å². The molecule has 0 saturated heterocycles. The molecule has 0 heterocycles. The van der Waals surface area contributed by atoms with Crippen LogP contribution in [0.5, 0.6) is 0 Å². The number of allylic oxidation sites excluding steroid dienone is 2. The maximum Gasteiger partial charge on any atom is 0.307 e. The van der Waals surface area contributed by atoms with E-state index in [0.29, 0.717) is 12.2 Å². The molecule has 0 aromatic carbocycles. The van der Waals surface area contributed by atoms with E-state index in [-0.39, 0.29) is 25.1 Å². The quantitative estimate of drug-likeness (QED) is 0.548. The second-order valence-corrected chi connectivity index (χ2v) is 4.53. The summed E-state index contributed by atoms with van der Waals surface area (Å²) in [5.74, 6) is 0.268. The van der Waals surface area contributed by atoms with Crippen LogP contribution in [0.3, 0.4) is 0 Å². The van der Waals surface area contributed by atoms with Gasteiger partial charge < -0.3 is 14.9 Å². The summed E-state index contributed by atoms with van der Waals surface area (Å²) < 4.78 is 5.20. The van der Waals surface area contributed by atoms with E-state index >= 15 is 0 Å². The first kappa shape index (κ1) is 13.2. The largest absolute Gasteiger partial charge is 0.431 e. The monoisotopic (exact) mass is 228 g/mol. The van der Waals surface area contributed by atoms with Gasteiger partial charge in [-0.3, -0.25) is 4.79 Å². The topological polar surface area (TPSA) is 66.8 Å². The average Bonchev–Trinajstić information content (AvgIpc) is 2.99. The van der Waals surface area contributed by atoms with E-state index in [1.54, 1.807) is 0 Å². The zero-order chi connectivity index (χ0) is 12.3. The molecule has 4 nitrogen and oxygen atoms in total. The summed E-state index contributed by atoms with van der Waals surface area (Å²) in [5.41, 5.74) is 0.519. The van der Waals surface area contributed by atoms with Crippen LogP contribution in [0.1, 0.15) is 33.6 Å². The van der Waals surface area contributed by atoms with Crippen molar-refractivity contribution in [2.24, 2.45) is 11.3 Å². The summed E-state index contributed by atoms with van der Waals surface area (Å²) in [6.07, 6.45) is 1.48. The van der Waals surface area contributed by atoms with Crippen LogP contribution in [0.4, 0.5) is 0 Å². The fourth-order valence-corrected chi connectivity index (χ4v) is 1.90. The number of hydrogen-bond donors (Lipinski definition) is 2. The van der Waals surface area contributed by atoms with Crippen molar-refractivity contribution in [1.29, 1.82) is 0 Å². The molecule has 0 radical (unpaired) electrons. The summed E-state index contributed by atoms with van der Waals surface area (Å²) in [6, 6.07) is 0. The van der Waals surface area contributed by atoms with Gasteiger partial charge in [0.2, 0.25) is 0 Å². The highest BCUT2D eigenvalue weighted by molar-refractivity contribution is 5.67. The number of ether oxygens (including phenoxy) is 1. The van der Waals surface area contributed by atoms with Gasteiger partial charge in [-0.2, -0.15) is 0 Å². The maximum absolute atomic E-state index is 11.0. The average molecular weight is 228 g/mol. The highest BCUT2D eigenvalue weighted by Gasteiger charge is 2.56. The molecule has 0 aromatic heterocycles. The first-order valence-corrected chi connectivity index (χ1v) is 5.60. The van der Waals surface area contributed by atoms with Gasteiger partial charge in [0, 0.05) is 18.3 Å². The number of hydrogen-bond acceptors (Lipinski definition) is 4. The van der Waals surface area contributed by atoms with Crippen LogP contribution < -0.4 is 0 Å².